The normalized spacial score (nSPS) is 10.6. The van der Waals surface area contributed by atoms with Gasteiger partial charge >= 0.3 is 0 Å². The Labute approximate surface area is 115 Å². The van der Waals surface area contributed by atoms with E-state index in [1.54, 1.807) is 6.07 Å². The highest BCUT2D eigenvalue weighted by Crippen LogP contribution is 2.32. The van der Waals surface area contributed by atoms with E-state index >= 15 is 0 Å². The summed E-state index contributed by atoms with van der Waals surface area (Å²) in [6, 6.07) is 9.68. The van der Waals surface area contributed by atoms with E-state index < -0.39 is 0 Å². The predicted octanol–water partition coefficient (Wildman–Crippen LogP) is 5.27. The Morgan fingerprint density at radius 3 is 2.24 bits per heavy atom. The first-order valence-corrected chi connectivity index (χ1v) is 6.36. The number of hydrogen-bond donors (Lipinski definition) is 0. The highest BCUT2D eigenvalue weighted by molar-refractivity contribution is 6.42. The number of benzene rings is 1. The summed E-state index contributed by atoms with van der Waals surface area (Å²) in [7, 11) is 0. The SMILES string of the molecule is CCc1ccc(-c2nc(Cl)c(Cl)cc2Cl)cc1. The van der Waals surface area contributed by atoms with Gasteiger partial charge in [-0.1, -0.05) is 66.0 Å². The Bertz CT molecular complexity index is 535. The number of nitrogens with zero attached hydrogens (tertiary/aromatic N) is 1. The Morgan fingerprint density at radius 2 is 1.65 bits per heavy atom. The van der Waals surface area contributed by atoms with Crippen molar-refractivity contribution in [3.05, 3.63) is 51.1 Å². The molecule has 17 heavy (non-hydrogen) atoms. The van der Waals surface area contributed by atoms with Gasteiger partial charge in [0.05, 0.1) is 15.7 Å². The molecule has 1 aromatic heterocycles. The second-order valence-electron chi connectivity index (χ2n) is 3.64. The zero-order valence-electron chi connectivity index (χ0n) is 9.17. The third kappa shape index (κ3) is 2.74. The highest BCUT2D eigenvalue weighted by atomic mass is 35.5. The number of hydrogen-bond acceptors (Lipinski definition) is 1. The summed E-state index contributed by atoms with van der Waals surface area (Å²) >= 11 is 17.8. The highest BCUT2D eigenvalue weighted by Gasteiger charge is 2.09. The van der Waals surface area contributed by atoms with Gasteiger partial charge in [0.2, 0.25) is 0 Å². The first-order chi connectivity index (χ1) is 8.11. The van der Waals surface area contributed by atoms with Crippen molar-refractivity contribution in [2.45, 2.75) is 13.3 Å². The fourth-order valence-electron chi connectivity index (χ4n) is 1.54. The summed E-state index contributed by atoms with van der Waals surface area (Å²) in [5.74, 6) is 0. The molecule has 0 atom stereocenters. The van der Waals surface area contributed by atoms with Gasteiger partial charge in [-0.05, 0) is 18.1 Å². The maximum atomic E-state index is 6.10. The molecule has 4 heteroatoms. The first kappa shape index (κ1) is 12.7. The lowest BCUT2D eigenvalue weighted by Gasteiger charge is -2.06. The zero-order valence-corrected chi connectivity index (χ0v) is 11.4. The molecular formula is C13H10Cl3N. The van der Waals surface area contributed by atoms with Crippen LogP contribution in [0.3, 0.4) is 0 Å². The maximum absolute atomic E-state index is 6.10. The minimum atomic E-state index is 0.269. The average molecular weight is 287 g/mol. The molecule has 0 spiro atoms. The van der Waals surface area contributed by atoms with Crippen molar-refractivity contribution in [1.82, 2.24) is 4.98 Å². The van der Waals surface area contributed by atoms with Crippen molar-refractivity contribution in [2.24, 2.45) is 0 Å². The lowest BCUT2D eigenvalue weighted by molar-refractivity contribution is 1.14. The minimum Gasteiger partial charge on any atom is -0.233 e. The quantitative estimate of drug-likeness (QED) is 0.685. The monoisotopic (exact) mass is 285 g/mol. The summed E-state index contributed by atoms with van der Waals surface area (Å²) in [6.07, 6.45) is 1.00. The molecule has 0 aliphatic rings. The molecule has 0 aliphatic heterocycles. The van der Waals surface area contributed by atoms with E-state index in [1.807, 2.05) is 12.1 Å². The molecule has 2 aromatic rings. The molecule has 0 aliphatic carbocycles. The summed E-state index contributed by atoms with van der Waals surface area (Å²) in [6.45, 7) is 2.11. The second-order valence-corrected chi connectivity index (χ2v) is 4.81. The molecular weight excluding hydrogens is 277 g/mol. The van der Waals surface area contributed by atoms with Crippen LogP contribution >= 0.6 is 34.8 Å². The Morgan fingerprint density at radius 1 is 1.00 bits per heavy atom. The molecule has 1 nitrogen and oxygen atoms in total. The van der Waals surface area contributed by atoms with Crippen LogP contribution in [0.4, 0.5) is 0 Å². The molecule has 1 aromatic carbocycles. The van der Waals surface area contributed by atoms with Crippen LogP contribution in [-0.4, -0.2) is 4.98 Å². The standard InChI is InChI=1S/C13H10Cl3N/c1-2-8-3-5-9(6-4-8)12-10(14)7-11(15)13(16)17-12/h3-7H,2H2,1H3. The lowest BCUT2D eigenvalue weighted by atomic mass is 10.1. The topological polar surface area (TPSA) is 12.9 Å². The average Bonchev–Trinajstić information content (AvgIpc) is 2.34. The van der Waals surface area contributed by atoms with Crippen LogP contribution in [0.2, 0.25) is 15.2 Å². The molecule has 0 saturated heterocycles. The predicted molar refractivity (Wildman–Crippen MR) is 74.1 cm³/mol. The van der Waals surface area contributed by atoms with Crippen LogP contribution in [-0.2, 0) is 6.42 Å². The Kier molecular flexibility index (Phi) is 3.93. The van der Waals surface area contributed by atoms with Crippen molar-refractivity contribution in [2.75, 3.05) is 0 Å². The molecule has 0 unspecified atom stereocenters. The van der Waals surface area contributed by atoms with Gasteiger partial charge in [-0.2, -0.15) is 0 Å². The van der Waals surface area contributed by atoms with Gasteiger partial charge in [0.1, 0.15) is 5.15 Å². The van der Waals surface area contributed by atoms with Crippen LogP contribution in [0.1, 0.15) is 12.5 Å². The van der Waals surface area contributed by atoms with Crippen molar-refractivity contribution >= 4 is 34.8 Å². The molecule has 1 heterocycles. The van der Waals surface area contributed by atoms with E-state index in [-0.39, 0.29) is 5.15 Å². The van der Waals surface area contributed by atoms with E-state index in [0.717, 1.165) is 12.0 Å². The molecule has 2 rings (SSSR count). The van der Waals surface area contributed by atoms with E-state index in [4.69, 9.17) is 34.8 Å². The molecule has 0 fully saturated rings. The molecule has 88 valence electrons. The van der Waals surface area contributed by atoms with E-state index in [0.29, 0.717) is 15.7 Å². The van der Waals surface area contributed by atoms with Crippen molar-refractivity contribution in [3.8, 4) is 11.3 Å². The third-order valence-electron chi connectivity index (χ3n) is 2.52. The molecule has 0 saturated carbocycles. The number of aryl methyl sites for hydroxylation is 1. The van der Waals surface area contributed by atoms with Gasteiger partial charge in [0.15, 0.2) is 0 Å². The minimum absolute atomic E-state index is 0.269. The van der Waals surface area contributed by atoms with Crippen LogP contribution in [0.5, 0.6) is 0 Å². The van der Waals surface area contributed by atoms with Gasteiger partial charge < -0.3 is 0 Å². The largest absolute Gasteiger partial charge is 0.233 e. The van der Waals surface area contributed by atoms with E-state index in [9.17, 15) is 0 Å². The van der Waals surface area contributed by atoms with Gasteiger partial charge in [-0.15, -0.1) is 0 Å². The Balaban J connectivity index is 2.48. The summed E-state index contributed by atoms with van der Waals surface area (Å²) in [5, 5.41) is 1.14. The second kappa shape index (κ2) is 5.26. The van der Waals surface area contributed by atoms with Gasteiger partial charge in [0, 0.05) is 5.56 Å². The number of halogens is 3. The van der Waals surface area contributed by atoms with E-state index in [1.165, 1.54) is 5.56 Å². The van der Waals surface area contributed by atoms with Crippen molar-refractivity contribution in [1.29, 1.82) is 0 Å². The van der Waals surface area contributed by atoms with E-state index in [2.05, 4.69) is 24.0 Å². The smallest absolute Gasteiger partial charge is 0.148 e. The molecule has 0 N–H and O–H groups in total. The van der Waals surface area contributed by atoms with Gasteiger partial charge in [0.25, 0.3) is 0 Å². The zero-order chi connectivity index (χ0) is 12.4. The fraction of sp³-hybridized carbons (Fsp3) is 0.154. The number of aromatic nitrogens is 1. The maximum Gasteiger partial charge on any atom is 0.148 e. The fourth-order valence-corrected chi connectivity index (χ4v) is 2.15. The molecule has 0 radical (unpaired) electrons. The Hall–Kier alpha value is -0.760. The molecule has 0 amide bonds. The lowest BCUT2D eigenvalue weighted by Crippen LogP contribution is -1.88. The summed E-state index contributed by atoms with van der Waals surface area (Å²) in [4.78, 5) is 4.20. The summed E-state index contributed by atoms with van der Waals surface area (Å²) < 4.78 is 0. The summed E-state index contributed by atoms with van der Waals surface area (Å²) in [5.41, 5.74) is 2.86. The van der Waals surface area contributed by atoms with Crippen LogP contribution in [0.25, 0.3) is 11.3 Å². The van der Waals surface area contributed by atoms with Crippen LogP contribution in [0, 0.1) is 0 Å². The van der Waals surface area contributed by atoms with Crippen LogP contribution in [0.15, 0.2) is 30.3 Å². The third-order valence-corrected chi connectivity index (χ3v) is 3.48. The van der Waals surface area contributed by atoms with Crippen LogP contribution < -0.4 is 0 Å². The first-order valence-electron chi connectivity index (χ1n) is 5.22. The van der Waals surface area contributed by atoms with Gasteiger partial charge in [-0.25, -0.2) is 4.98 Å². The van der Waals surface area contributed by atoms with Crippen molar-refractivity contribution < 1.29 is 0 Å². The van der Waals surface area contributed by atoms with Crippen molar-refractivity contribution in [3.63, 3.8) is 0 Å². The number of rotatable bonds is 2. The molecule has 0 bridgehead atoms. The van der Waals surface area contributed by atoms with Gasteiger partial charge in [-0.3, -0.25) is 0 Å². The number of pyridine rings is 1.